The molecule has 2 aliphatic rings. The predicted octanol–water partition coefficient (Wildman–Crippen LogP) is 3.06. The summed E-state index contributed by atoms with van der Waals surface area (Å²) >= 11 is 0. The lowest BCUT2D eigenvalue weighted by atomic mass is 10.0. The van der Waals surface area contributed by atoms with Crippen LogP contribution in [0.15, 0.2) is 51.7 Å². The Kier molecular flexibility index (Phi) is 5.07. The third-order valence-corrected chi connectivity index (χ3v) is 5.71. The molecule has 1 saturated heterocycles. The van der Waals surface area contributed by atoms with Gasteiger partial charge >= 0.3 is 0 Å². The molecule has 2 aromatic carbocycles. The fourth-order valence-corrected chi connectivity index (χ4v) is 4.09. The van der Waals surface area contributed by atoms with E-state index in [-0.39, 0.29) is 35.0 Å². The van der Waals surface area contributed by atoms with E-state index in [0.29, 0.717) is 0 Å². The molecule has 8 heteroatoms. The molecule has 160 valence electrons. The maximum Gasteiger partial charge on any atom is 0.287 e. The number of rotatable bonds is 4. The van der Waals surface area contributed by atoms with Crippen LogP contribution in [0.3, 0.4) is 0 Å². The Hall–Kier alpha value is -3.39. The van der Waals surface area contributed by atoms with Crippen molar-refractivity contribution in [3.8, 4) is 11.5 Å². The van der Waals surface area contributed by atoms with Crippen LogP contribution in [0, 0.1) is 5.82 Å². The van der Waals surface area contributed by atoms with Gasteiger partial charge in [0.1, 0.15) is 11.4 Å². The van der Waals surface area contributed by atoms with E-state index in [2.05, 4.69) is 10.2 Å². The van der Waals surface area contributed by atoms with Crippen LogP contribution in [-0.4, -0.2) is 36.7 Å². The lowest BCUT2D eigenvalue weighted by molar-refractivity contribution is 0.0881. The number of benzene rings is 2. The van der Waals surface area contributed by atoms with Crippen LogP contribution >= 0.6 is 0 Å². The first-order valence-corrected chi connectivity index (χ1v) is 10.2. The SMILES string of the molecule is O=C(NC1CCN(Cc2cccc3c2OCO3)CC1)c1cc(=O)c2ccc(F)cc2o1. The lowest BCUT2D eigenvalue weighted by Gasteiger charge is -2.32. The predicted molar refractivity (Wildman–Crippen MR) is 111 cm³/mol. The minimum Gasteiger partial charge on any atom is -0.454 e. The molecule has 0 saturated carbocycles. The summed E-state index contributed by atoms with van der Waals surface area (Å²) in [6, 6.07) is 10.7. The van der Waals surface area contributed by atoms with E-state index >= 15 is 0 Å². The van der Waals surface area contributed by atoms with Crippen molar-refractivity contribution in [2.45, 2.75) is 25.4 Å². The van der Waals surface area contributed by atoms with Crippen molar-refractivity contribution in [3.05, 3.63) is 69.8 Å². The normalized spacial score (nSPS) is 16.5. The number of fused-ring (bicyclic) bond motifs is 2. The van der Waals surface area contributed by atoms with Crippen molar-refractivity contribution in [2.75, 3.05) is 19.9 Å². The smallest absolute Gasteiger partial charge is 0.287 e. The van der Waals surface area contributed by atoms with Gasteiger partial charge in [-0.3, -0.25) is 14.5 Å². The number of amides is 1. The van der Waals surface area contributed by atoms with Gasteiger partial charge in [-0.05, 0) is 31.0 Å². The molecule has 1 amide bonds. The average Bonchev–Trinajstić information content (AvgIpc) is 3.24. The molecule has 1 fully saturated rings. The molecule has 0 atom stereocenters. The van der Waals surface area contributed by atoms with Gasteiger partial charge in [0, 0.05) is 43.4 Å². The molecule has 0 bridgehead atoms. The molecule has 0 spiro atoms. The van der Waals surface area contributed by atoms with E-state index in [9.17, 15) is 14.0 Å². The van der Waals surface area contributed by atoms with E-state index in [1.807, 2.05) is 18.2 Å². The summed E-state index contributed by atoms with van der Waals surface area (Å²) in [5.74, 6) is 0.481. The zero-order valence-electron chi connectivity index (χ0n) is 16.7. The van der Waals surface area contributed by atoms with Crippen molar-refractivity contribution >= 4 is 16.9 Å². The van der Waals surface area contributed by atoms with Crippen LogP contribution in [0.2, 0.25) is 0 Å². The highest BCUT2D eigenvalue weighted by Crippen LogP contribution is 2.36. The minimum atomic E-state index is -0.526. The van der Waals surface area contributed by atoms with E-state index in [1.165, 1.54) is 12.1 Å². The number of para-hydroxylation sites is 1. The second-order valence-corrected chi connectivity index (χ2v) is 7.79. The molecule has 1 aromatic heterocycles. The van der Waals surface area contributed by atoms with Gasteiger partial charge in [-0.1, -0.05) is 12.1 Å². The molecule has 3 heterocycles. The fraction of sp³-hybridized carbons (Fsp3) is 0.304. The van der Waals surface area contributed by atoms with Crippen LogP contribution in [0.5, 0.6) is 11.5 Å². The summed E-state index contributed by atoms with van der Waals surface area (Å²) in [6.07, 6.45) is 1.54. The number of nitrogens with zero attached hydrogens (tertiary/aromatic N) is 1. The number of nitrogens with one attached hydrogen (secondary N) is 1. The van der Waals surface area contributed by atoms with Gasteiger partial charge in [-0.2, -0.15) is 0 Å². The van der Waals surface area contributed by atoms with E-state index in [0.717, 1.165) is 61.7 Å². The Morgan fingerprint density at radius 2 is 1.97 bits per heavy atom. The van der Waals surface area contributed by atoms with Gasteiger partial charge in [0.15, 0.2) is 22.7 Å². The molecule has 0 radical (unpaired) electrons. The number of halogens is 1. The van der Waals surface area contributed by atoms with Crippen molar-refractivity contribution < 1.29 is 23.1 Å². The van der Waals surface area contributed by atoms with Crippen molar-refractivity contribution in [3.63, 3.8) is 0 Å². The second-order valence-electron chi connectivity index (χ2n) is 7.79. The summed E-state index contributed by atoms with van der Waals surface area (Å²) in [5, 5.41) is 3.17. The minimum absolute atomic E-state index is 0.0293. The van der Waals surface area contributed by atoms with E-state index in [4.69, 9.17) is 13.9 Å². The van der Waals surface area contributed by atoms with Gasteiger partial charge in [0.05, 0.1) is 5.39 Å². The van der Waals surface area contributed by atoms with Crippen molar-refractivity contribution in [1.82, 2.24) is 10.2 Å². The zero-order valence-corrected chi connectivity index (χ0v) is 16.7. The van der Waals surface area contributed by atoms with Crippen molar-refractivity contribution in [2.24, 2.45) is 0 Å². The highest BCUT2D eigenvalue weighted by Gasteiger charge is 2.25. The quantitative estimate of drug-likeness (QED) is 0.694. The van der Waals surface area contributed by atoms with E-state index < -0.39 is 11.7 Å². The van der Waals surface area contributed by atoms with Crippen LogP contribution in [0.1, 0.15) is 29.0 Å². The van der Waals surface area contributed by atoms with Crippen LogP contribution in [-0.2, 0) is 6.54 Å². The Bertz CT molecular complexity index is 1200. The van der Waals surface area contributed by atoms with Crippen LogP contribution in [0.25, 0.3) is 11.0 Å². The standard InChI is InChI=1S/C23H21FN2O5/c24-15-4-5-17-18(27)11-21(31-20(17)10-15)23(28)25-16-6-8-26(9-7-16)12-14-2-1-3-19-22(14)30-13-29-19/h1-5,10-11,16H,6-9,12-13H2,(H,25,28). The number of ether oxygens (including phenoxy) is 2. The maximum atomic E-state index is 13.5. The summed E-state index contributed by atoms with van der Waals surface area (Å²) in [6.45, 7) is 2.61. The first-order chi connectivity index (χ1) is 15.1. The van der Waals surface area contributed by atoms with Gasteiger partial charge in [0.25, 0.3) is 5.91 Å². The number of carbonyl (C=O) groups excluding carboxylic acids is 1. The topological polar surface area (TPSA) is 81.0 Å². The number of piperidine rings is 1. The molecule has 2 aliphatic heterocycles. The third-order valence-electron chi connectivity index (χ3n) is 5.71. The number of hydrogen-bond acceptors (Lipinski definition) is 6. The zero-order chi connectivity index (χ0) is 21.4. The molecular formula is C23H21FN2O5. The van der Waals surface area contributed by atoms with Gasteiger partial charge in [0.2, 0.25) is 6.79 Å². The van der Waals surface area contributed by atoms with E-state index in [1.54, 1.807) is 0 Å². The largest absolute Gasteiger partial charge is 0.454 e. The number of likely N-dealkylation sites (tertiary alicyclic amines) is 1. The first kappa shape index (κ1) is 19.6. The summed E-state index contributed by atoms with van der Waals surface area (Å²) in [7, 11) is 0. The Labute approximate surface area is 177 Å². The Morgan fingerprint density at radius 1 is 1.13 bits per heavy atom. The van der Waals surface area contributed by atoms with Gasteiger partial charge in [-0.15, -0.1) is 0 Å². The summed E-state index contributed by atoms with van der Waals surface area (Å²) < 4.78 is 29.9. The van der Waals surface area contributed by atoms with Gasteiger partial charge in [-0.25, -0.2) is 4.39 Å². The molecule has 0 aliphatic carbocycles. The van der Waals surface area contributed by atoms with Crippen LogP contribution < -0.4 is 20.2 Å². The molecule has 5 rings (SSSR count). The van der Waals surface area contributed by atoms with Crippen molar-refractivity contribution in [1.29, 1.82) is 0 Å². The maximum absolute atomic E-state index is 13.5. The Balaban J connectivity index is 1.21. The lowest BCUT2D eigenvalue weighted by Crippen LogP contribution is -2.44. The Morgan fingerprint density at radius 3 is 2.81 bits per heavy atom. The molecule has 3 aromatic rings. The molecule has 1 N–H and O–H groups in total. The van der Waals surface area contributed by atoms with Crippen LogP contribution in [0.4, 0.5) is 4.39 Å². The molecule has 7 nitrogen and oxygen atoms in total. The monoisotopic (exact) mass is 424 g/mol. The highest BCUT2D eigenvalue weighted by molar-refractivity contribution is 5.93. The third kappa shape index (κ3) is 3.98. The summed E-state index contributed by atoms with van der Waals surface area (Å²) in [5.41, 5.74) is 0.777. The average molecular weight is 424 g/mol. The molecular weight excluding hydrogens is 403 g/mol. The highest BCUT2D eigenvalue weighted by atomic mass is 19.1. The fourth-order valence-electron chi connectivity index (χ4n) is 4.09. The molecule has 0 unspecified atom stereocenters. The van der Waals surface area contributed by atoms with Gasteiger partial charge < -0.3 is 19.2 Å². The molecule has 31 heavy (non-hydrogen) atoms. The summed E-state index contributed by atoms with van der Waals surface area (Å²) in [4.78, 5) is 27.1. The first-order valence-electron chi connectivity index (χ1n) is 10.2. The number of carbonyl (C=O) groups is 1. The second kappa shape index (κ2) is 8.03. The number of hydrogen-bond donors (Lipinski definition) is 1.